The summed E-state index contributed by atoms with van der Waals surface area (Å²) < 4.78 is 30.6. The van der Waals surface area contributed by atoms with E-state index < -0.39 is 11.7 Å². The first-order valence-corrected chi connectivity index (χ1v) is 13.6. The summed E-state index contributed by atoms with van der Waals surface area (Å²) in [5.41, 5.74) is 1.83. The number of hydrogen-bond acceptors (Lipinski definition) is 7. The average molecular weight is 614 g/mol. The molecule has 8 nitrogen and oxygen atoms in total. The molecule has 0 spiro atoms. The second kappa shape index (κ2) is 13.3. The number of ether oxygens (including phenoxy) is 3. The molecular weight excluding hydrogens is 589 g/mol. The van der Waals surface area contributed by atoms with Gasteiger partial charge in [0.2, 0.25) is 0 Å². The first-order valence-electron chi connectivity index (χ1n) is 12.0. The van der Waals surface area contributed by atoms with Gasteiger partial charge in [-0.25, -0.2) is 9.38 Å². The second-order valence-corrected chi connectivity index (χ2v) is 9.90. The molecule has 0 aromatic heterocycles. The maximum Gasteiger partial charge on any atom is 0.264 e. The molecule has 1 saturated heterocycles. The number of carbonyl (C=O) groups is 2. The van der Waals surface area contributed by atoms with Crippen LogP contribution in [0, 0.1) is 5.82 Å². The van der Waals surface area contributed by atoms with Crippen LogP contribution in [0.5, 0.6) is 17.2 Å². The van der Waals surface area contributed by atoms with Crippen molar-refractivity contribution in [2.75, 3.05) is 25.1 Å². The van der Waals surface area contributed by atoms with Gasteiger partial charge in [0.1, 0.15) is 11.6 Å². The van der Waals surface area contributed by atoms with Gasteiger partial charge in [-0.2, -0.15) is 0 Å². The van der Waals surface area contributed by atoms with Crippen molar-refractivity contribution in [1.82, 2.24) is 5.32 Å². The fourth-order valence-electron chi connectivity index (χ4n) is 3.48. The number of aliphatic imine (C=N–C) groups is 1. The number of amides is 2. The number of halogens is 2. The summed E-state index contributed by atoms with van der Waals surface area (Å²) in [7, 11) is 0. The van der Waals surface area contributed by atoms with Crippen LogP contribution in [-0.2, 0) is 9.59 Å². The minimum Gasteiger partial charge on any atom is -0.494 e. The highest BCUT2D eigenvalue weighted by atomic mass is 79.9. The summed E-state index contributed by atoms with van der Waals surface area (Å²) in [5, 5.41) is 5.88. The van der Waals surface area contributed by atoms with Crippen LogP contribution in [0.2, 0.25) is 0 Å². The van der Waals surface area contributed by atoms with E-state index in [0.29, 0.717) is 56.2 Å². The van der Waals surface area contributed by atoms with E-state index in [4.69, 9.17) is 14.2 Å². The van der Waals surface area contributed by atoms with Crippen molar-refractivity contribution < 1.29 is 28.2 Å². The van der Waals surface area contributed by atoms with Gasteiger partial charge in [-0.1, -0.05) is 0 Å². The Balaban J connectivity index is 1.46. The van der Waals surface area contributed by atoms with Crippen molar-refractivity contribution in [2.45, 2.75) is 13.8 Å². The molecule has 3 aromatic rings. The number of nitrogens with zero attached hydrogens (tertiary/aromatic N) is 1. The lowest BCUT2D eigenvalue weighted by Crippen LogP contribution is -2.20. The lowest BCUT2D eigenvalue weighted by Gasteiger charge is -2.15. The fraction of sp³-hybridized carbons (Fsp3) is 0.179. The topological polar surface area (TPSA) is 98.3 Å². The predicted octanol–water partition coefficient (Wildman–Crippen LogP) is 6.29. The van der Waals surface area contributed by atoms with E-state index in [9.17, 15) is 14.0 Å². The van der Waals surface area contributed by atoms with Gasteiger partial charge in [0.25, 0.3) is 11.8 Å². The Kier molecular flexibility index (Phi) is 9.61. The molecule has 1 heterocycles. The van der Waals surface area contributed by atoms with Crippen molar-refractivity contribution >= 4 is 62.1 Å². The molecule has 202 valence electrons. The number of benzene rings is 3. The second-order valence-electron chi connectivity index (χ2n) is 8.02. The molecule has 3 aromatic carbocycles. The molecule has 11 heteroatoms. The van der Waals surface area contributed by atoms with Crippen LogP contribution in [-0.4, -0.2) is 36.8 Å². The van der Waals surface area contributed by atoms with Crippen LogP contribution < -0.4 is 24.8 Å². The normalized spacial score (nSPS) is 14.8. The van der Waals surface area contributed by atoms with Crippen molar-refractivity contribution in [1.29, 1.82) is 0 Å². The Morgan fingerprint density at radius 2 is 1.77 bits per heavy atom. The summed E-state index contributed by atoms with van der Waals surface area (Å²) in [5.74, 6) is 0.419. The van der Waals surface area contributed by atoms with E-state index in [0.717, 1.165) is 5.75 Å². The minimum absolute atomic E-state index is 0.267. The van der Waals surface area contributed by atoms with Crippen LogP contribution >= 0.6 is 27.7 Å². The van der Waals surface area contributed by atoms with Gasteiger partial charge in [-0.3, -0.25) is 9.59 Å². The van der Waals surface area contributed by atoms with Crippen molar-refractivity contribution in [2.24, 2.45) is 4.99 Å². The lowest BCUT2D eigenvalue weighted by molar-refractivity contribution is -0.118. The SMILES string of the molecule is CCOc1ccc(N=C2NC(=O)/C(=C\c3cc(Br)c(OCC(=O)Nc4ccc(F)cc4)c(OCC)c3)S2)cc1. The number of rotatable bonds is 10. The van der Waals surface area contributed by atoms with Crippen molar-refractivity contribution in [3.8, 4) is 17.2 Å². The largest absolute Gasteiger partial charge is 0.494 e. The van der Waals surface area contributed by atoms with Crippen LogP contribution in [0.4, 0.5) is 15.8 Å². The number of thioether (sulfide) groups is 1. The standard InChI is InChI=1S/C28H25BrFN3O5S/c1-3-36-21-11-9-20(10-12-21)32-28-33-27(35)24(39-28)15-17-13-22(29)26(23(14-17)37-4-2)38-16-25(34)31-19-7-5-18(30)6-8-19/h5-15H,3-4,16H2,1-2H3,(H,31,34)(H,32,33,35)/b24-15+. The molecular formula is C28H25BrFN3O5S. The molecule has 0 unspecified atom stereocenters. The lowest BCUT2D eigenvalue weighted by atomic mass is 10.2. The first kappa shape index (κ1) is 28.2. The van der Waals surface area contributed by atoms with E-state index in [2.05, 4.69) is 31.6 Å². The Morgan fingerprint density at radius 3 is 2.46 bits per heavy atom. The van der Waals surface area contributed by atoms with E-state index in [1.54, 1.807) is 18.2 Å². The Morgan fingerprint density at radius 1 is 1.05 bits per heavy atom. The molecule has 0 radical (unpaired) electrons. The molecule has 39 heavy (non-hydrogen) atoms. The molecule has 2 N–H and O–H groups in total. The third-order valence-electron chi connectivity index (χ3n) is 5.13. The average Bonchev–Trinajstić information content (AvgIpc) is 3.24. The highest BCUT2D eigenvalue weighted by Gasteiger charge is 2.24. The zero-order valence-corrected chi connectivity index (χ0v) is 23.5. The first-order chi connectivity index (χ1) is 18.8. The van der Waals surface area contributed by atoms with Crippen LogP contribution in [0.1, 0.15) is 19.4 Å². The van der Waals surface area contributed by atoms with Crippen LogP contribution in [0.3, 0.4) is 0 Å². The predicted molar refractivity (Wildman–Crippen MR) is 154 cm³/mol. The molecule has 0 bridgehead atoms. The monoisotopic (exact) mass is 613 g/mol. The Hall–Kier alpha value is -3.83. The van der Waals surface area contributed by atoms with Gasteiger partial charge in [0.15, 0.2) is 23.3 Å². The molecule has 0 saturated carbocycles. The summed E-state index contributed by atoms with van der Waals surface area (Å²) in [6.07, 6.45) is 1.72. The highest BCUT2D eigenvalue weighted by Crippen LogP contribution is 2.38. The third kappa shape index (κ3) is 7.84. The van der Waals surface area contributed by atoms with Gasteiger partial charge in [0, 0.05) is 5.69 Å². The maximum absolute atomic E-state index is 13.1. The summed E-state index contributed by atoms with van der Waals surface area (Å²) in [6.45, 7) is 4.39. The van der Waals surface area contributed by atoms with E-state index in [1.165, 1.54) is 36.0 Å². The molecule has 4 rings (SSSR count). The van der Waals surface area contributed by atoms with Gasteiger partial charge in [0.05, 0.1) is 28.3 Å². The van der Waals surface area contributed by atoms with E-state index >= 15 is 0 Å². The molecule has 1 aliphatic rings. The summed E-state index contributed by atoms with van der Waals surface area (Å²) >= 11 is 4.70. The number of anilines is 1. The molecule has 1 fully saturated rings. The summed E-state index contributed by atoms with van der Waals surface area (Å²) in [4.78, 5) is 29.9. The quantitative estimate of drug-likeness (QED) is 0.261. The summed E-state index contributed by atoms with van der Waals surface area (Å²) in [6, 6.07) is 16.2. The number of carbonyl (C=O) groups excluding carboxylic acids is 2. The fourth-order valence-corrected chi connectivity index (χ4v) is 4.89. The number of nitrogens with one attached hydrogen (secondary N) is 2. The highest BCUT2D eigenvalue weighted by molar-refractivity contribution is 9.10. The molecule has 0 aliphatic carbocycles. The Bertz CT molecular complexity index is 1410. The van der Waals surface area contributed by atoms with Gasteiger partial charge in [-0.05, 0) is 114 Å². The van der Waals surface area contributed by atoms with Gasteiger partial charge >= 0.3 is 0 Å². The van der Waals surface area contributed by atoms with E-state index in [-0.39, 0.29) is 12.5 Å². The van der Waals surface area contributed by atoms with E-state index in [1.807, 2.05) is 38.1 Å². The maximum atomic E-state index is 13.1. The number of hydrogen-bond donors (Lipinski definition) is 2. The molecule has 2 amide bonds. The number of amidine groups is 1. The van der Waals surface area contributed by atoms with Crippen molar-refractivity contribution in [3.05, 3.63) is 81.4 Å². The zero-order chi connectivity index (χ0) is 27.8. The minimum atomic E-state index is -0.416. The zero-order valence-electron chi connectivity index (χ0n) is 21.1. The van der Waals surface area contributed by atoms with Gasteiger partial charge < -0.3 is 24.8 Å². The van der Waals surface area contributed by atoms with Gasteiger partial charge in [-0.15, -0.1) is 0 Å². The third-order valence-corrected chi connectivity index (χ3v) is 6.63. The Labute approximate surface area is 237 Å². The van der Waals surface area contributed by atoms with Crippen LogP contribution in [0.25, 0.3) is 6.08 Å². The molecule has 1 aliphatic heterocycles. The van der Waals surface area contributed by atoms with Crippen LogP contribution in [0.15, 0.2) is 75.0 Å². The van der Waals surface area contributed by atoms with Crippen molar-refractivity contribution in [3.63, 3.8) is 0 Å². The molecule has 0 atom stereocenters. The smallest absolute Gasteiger partial charge is 0.264 e.